The summed E-state index contributed by atoms with van der Waals surface area (Å²) in [6, 6.07) is 0.904. The number of nitrogens with two attached hydrogens (primary N) is 1. The number of aliphatic hydroxyl groups excluding tert-OH is 2. The number of allylic oxidation sites excluding steroid dienone is 1. The number of likely N-dealkylation sites (N-methyl/N-ethyl adjacent to an activating group) is 1. The van der Waals surface area contributed by atoms with Crippen molar-refractivity contribution in [1.29, 1.82) is 0 Å². The van der Waals surface area contributed by atoms with Crippen LogP contribution >= 0.6 is 0 Å². The summed E-state index contributed by atoms with van der Waals surface area (Å²) < 4.78 is 5.74. The van der Waals surface area contributed by atoms with Gasteiger partial charge in [-0.1, -0.05) is 0 Å². The summed E-state index contributed by atoms with van der Waals surface area (Å²) >= 11 is 0. The van der Waals surface area contributed by atoms with Crippen molar-refractivity contribution in [2.75, 3.05) is 28.3 Å². The van der Waals surface area contributed by atoms with Crippen LogP contribution in [0.4, 0.5) is 0 Å². The number of fused-ring (bicyclic) bond motifs is 3. The first kappa shape index (κ1) is 26.2. The highest BCUT2D eigenvalue weighted by Crippen LogP contribution is 2.53. The van der Waals surface area contributed by atoms with E-state index in [1.165, 1.54) is 18.1 Å². The monoisotopic (exact) mass is 527 g/mol. The lowest BCUT2D eigenvalue weighted by Crippen LogP contribution is -2.63. The molecule has 1 saturated carbocycles. The molecule has 38 heavy (non-hydrogen) atoms. The van der Waals surface area contributed by atoms with Crippen molar-refractivity contribution in [2.24, 2.45) is 17.6 Å². The third-order valence-electron chi connectivity index (χ3n) is 8.54. The Labute approximate surface area is 219 Å². The smallest absolute Gasteiger partial charge is 0.255 e. The molecule has 0 unspecified atom stereocenters. The molecule has 4 aliphatic rings. The number of phenols is 1. The van der Waals surface area contributed by atoms with Gasteiger partial charge in [-0.05, 0) is 58.8 Å². The van der Waals surface area contributed by atoms with Gasteiger partial charge < -0.3 is 30.9 Å². The molecule has 0 bridgehead atoms. The van der Waals surface area contributed by atoms with E-state index >= 15 is 0 Å². The molecular formula is C27H33N3O8. The molecule has 0 spiro atoms. The molecule has 1 aromatic carbocycles. The van der Waals surface area contributed by atoms with E-state index in [9.17, 15) is 34.8 Å². The minimum absolute atomic E-state index is 0.0296. The number of phenolic OH excluding ortho intramolecular Hbond substituents is 1. The van der Waals surface area contributed by atoms with Crippen molar-refractivity contribution >= 4 is 17.5 Å². The summed E-state index contributed by atoms with van der Waals surface area (Å²) in [4.78, 5) is 42.9. The van der Waals surface area contributed by atoms with Crippen LogP contribution in [0.1, 0.15) is 40.7 Å². The highest BCUT2D eigenvalue weighted by molar-refractivity contribution is 6.24. The normalized spacial score (nSPS) is 29.0. The Bertz CT molecular complexity index is 1330. The van der Waals surface area contributed by atoms with Crippen LogP contribution in [0.3, 0.4) is 0 Å². The molecule has 1 amide bonds. The van der Waals surface area contributed by atoms with Gasteiger partial charge in [0.2, 0.25) is 5.78 Å². The summed E-state index contributed by atoms with van der Waals surface area (Å²) in [5, 5.41) is 44.8. The number of hydrogen-bond donors (Lipinski definition) is 5. The number of aliphatic hydroxyl groups is 3. The number of methoxy groups -OCH3 is 1. The van der Waals surface area contributed by atoms with Gasteiger partial charge in [0.1, 0.15) is 28.6 Å². The topological polar surface area (TPSA) is 174 Å². The van der Waals surface area contributed by atoms with Crippen LogP contribution in [0.25, 0.3) is 0 Å². The molecule has 204 valence electrons. The highest BCUT2D eigenvalue weighted by Gasteiger charge is 2.63. The molecule has 1 fully saturated rings. The number of hydrogen-bond acceptors (Lipinski definition) is 10. The number of carbonyl (C=O) groups excluding carboxylic acids is 3. The van der Waals surface area contributed by atoms with E-state index in [0.29, 0.717) is 23.9 Å². The number of aromatic hydroxyl groups is 1. The highest BCUT2D eigenvalue weighted by atomic mass is 16.5. The number of carbonyl (C=O) groups is 3. The molecule has 4 atom stereocenters. The second-order valence-electron chi connectivity index (χ2n) is 11.1. The maximum atomic E-state index is 13.8. The molecule has 0 saturated heterocycles. The average Bonchev–Trinajstić information content (AvgIpc) is 3.66. The first-order valence-electron chi connectivity index (χ1n) is 12.6. The van der Waals surface area contributed by atoms with Crippen LogP contribution in [0.15, 0.2) is 28.7 Å². The Kier molecular flexibility index (Phi) is 6.08. The van der Waals surface area contributed by atoms with Crippen LogP contribution < -0.4 is 10.5 Å². The largest absolute Gasteiger partial charge is 0.510 e. The number of Topliss-reactive ketones (excluding diaryl/α,β-unsaturated/α-hetero) is 2. The van der Waals surface area contributed by atoms with Crippen molar-refractivity contribution in [3.63, 3.8) is 0 Å². The van der Waals surface area contributed by atoms with E-state index in [0.717, 1.165) is 18.4 Å². The number of rotatable bonds is 6. The van der Waals surface area contributed by atoms with E-state index in [1.807, 2.05) is 7.05 Å². The third kappa shape index (κ3) is 3.56. The maximum absolute atomic E-state index is 13.8. The Balaban J connectivity index is 1.66. The van der Waals surface area contributed by atoms with Crippen LogP contribution in [0.2, 0.25) is 0 Å². The summed E-state index contributed by atoms with van der Waals surface area (Å²) in [5.41, 5.74) is 2.85. The molecule has 0 aromatic heterocycles. The van der Waals surface area contributed by atoms with Gasteiger partial charge in [0.05, 0.1) is 18.7 Å². The van der Waals surface area contributed by atoms with Gasteiger partial charge in [0.25, 0.3) is 5.91 Å². The van der Waals surface area contributed by atoms with E-state index in [2.05, 4.69) is 4.90 Å². The molecule has 6 N–H and O–H groups in total. The summed E-state index contributed by atoms with van der Waals surface area (Å²) in [7, 11) is 6.67. The number of benzene rings is 1. The molecule has 0 aliphatic heterocycles. The minimum Gasteiger partial charge on any atom is -0.510 e. The second-order valence-corrected chi connectivity index (χ2v) is 11.1. The lowest BCUT2D eigenvalue weighted by molar-refractivity contribution is -0.148. The fourth-order valence-corrected chi connectivity index (χ4v) is 6.65. The molecule has 1 aromatic rings. The number of amides is 1. The zero-order valence-corrected chi connectivity index (χ0v) is 21.8. The van der Waals surface area contributed by atoms with Crippen LogP contribution in [0.5, 0.6) is 11.5 Å². The summed E-state index contributed by atoms with van der Waals surface area (Å²) in [5.74, 6) is -6.24. The quantitative estimate of drug-likeness (QED) is 0.332. The van der Waals surface area contributed by atoms with Crippen LogP contribution in [-0.2, 0) is 22.6 Å². The molecule has 4 aliphatic carbocycles. The summed E-state index contributed by atoms with van der Waals surface area (Å²) in [6.07, 6.45) is 2.41. The minimum atomic E-state index is -2.66. The third-order valence-corrected chi connectivity index (χ3v) is 8.54. The second kappa shape index (κ2) is 8.82. The fourth-order valence-electron chi connectivity index (χ4n) is 6.65. The van der Waals surface area contributed by atoms with E-state index < -0.39 is 58.0 Å². The van der Waals surface area contributed by atoms with Crippen molar-refractivity contribution in [3.05, 3.63) is 45.4 Å². The average molecular weight is 528 g/mol. The zero-order valence-electron chi connectivity index (χ0n) is 21.8. The maximum Gasteiger partial charge on any atom is 0.255 e. The molecule has 0 radical (unpaired) electrons. The van der Waals surface area contributed by atoms with Crippen molar-refractivity contribution in [2.45, 2.75) is 49.9 Å². The van der Waals surface area contributed by atoms with Gasteiger partial charge in [-0.15, -0.1) is 0 Å². The SMILES string of the molecule is COc1c(CN(C)C2CC2)cc(O)c2c1C[C@H]1C[C@H]3[C@H](N(C)C)C(O)=C(C(N)=O)C(=O)[C@@]3(O)C(O)=C1C2=O. The standard InChI is InChI=1S/C27H33N3O8/c1-29(2)20-15-8-11-7-14-18(16(31)9-12(23(14)38-4)10-30(3)13-5-6-13)21(32)17(11)24(34)27(15,37)25(35)19(22(20)33)26(28)36/h9,11,13,15,20,31,33-34,37H,5-8,10H2,1-4H3,(H2,28,36)/t11-,15-,20-,27-/m0/s1. The Hall–Kier alpha value is -3.41. The Morgan fingerprint density at radius 3 is 2.39 bits per heavy atom. The molecule has 11 heteroatoms. The van der Waals surface area contributed by atoms with Crippen molar-refractivity contribution in [3.8, 4) is 11.5 Å². The predicted octanol–water partition coefficient (Wildman–Crippen LogP) is 0.723. The molecule has 11 nitrogen and oxygen atoms in total. The van der Waals surface area contributed by atoms with Gasteiger partial charge in [-0.2, -0.15) is 0 Å². The van der Waals surface area contributed by atoms with Gasteiger partial charge >= 0.3 is 0 Å². The van der Waals surface area contributed by atoms with Crippen LogP contribution in [0, 0.1) is 11.8 Å². The van der Waals surface area contributed by atoms with Crippen molar-refractivity contribution < 1.29 is 39.5 Å². The number of primary amides is 1. The van der Waals surface area contributed by atoms with Gasteiger partial charge in [-0.25, -0.2) is 0 Å². The fraction of sp³-hybridized carbons (Fsp3) is 0.519. The predicted molar refractivity (Wildman–Crippen MR) is 135 cm³/mol. The molecule has 0 heterocycles. The molecule has 5 rings (SSSR count). The first-order valence-corrected chi connectivity index (χ1v) is 12.6. The van der Waals surface area contributed by atoms with Gasteiger partial charge in [0.15, 0.2) is 11.4 Å². The number of ketones is 2. The van der Waals surface area contributed by atoms with E-state index in [-0.39, 0.29) is 29.7 Å². The van der Waals surface area contributed by atoms with Crippen molar-refractivity contribution in [1.82, 2.24) is 9.80 Å². The Morgan fingerprint density at radius 2 is 1.84 bits per heavy atom. The van der Waals surface area contributed by atoms with Crippen LogP contribution in [-0.4, -0.2) is 93.6 Å². The van der Waals surface area contributed by atoms with Gasteiger partial charge in [-0.3, -0.25) is 24.2 Å². The summed E-state index contributed by atoms with van der Waals surface area (Å²) in [6.45, 7) is 0.510. The Morgan fingerprint density at radius 1 is 1.18 bits per heavy atom. The molecular weight excluding hydrogens is 494 g/mol. The zero-order chi connectivity index (χ0) is 27.8. The van der Waals surface area contributed by atoms with E-state index in [1.54, 1.807) is 14.1 Å². The lowest BCUT2D eigenvalue weighted by Gasteiger charge is -2.50. The van der Waals surface area contributed by atoms with Gasteiger partial charge in [0, 0.05) is 35.2 Å². The van der Waals surface area contributed by atoms with E-state index in [4.69, 9.17) is 10.5 Å². The lowest BCUT2D eigenvalue weighted by atomic mass is 9.58. The number of ether oxygens (including phenoxy) is 1. The first-order chi connectivity index (χ1) is 17.8. The number of nitrogens with zero attached hydrogens (tertiary/aromatic N) is 2.